The number of hydrogen-bond donors (Lipinski definition) is 3. The molecule has 1 saturated heterocycles. The van der Waals surface area contributed by atoms with Crippen LogP contribution in [0, 0.1) is 6.92 Å². The smallest absolute Gasteiger partial charge is 0.363 e. The highest BCUT2D eigenvalue weighted by Crippen LogP contribution is 2.34. The molecule has 1 aliphatic rings. The van der Waals surface area contributed by atoms with Crippen LogP contribution in [0.4, 0.5) is 0 Å². The minimum Gasteiger partial charge on any atom is -0.442 e. The van der Waals surface area contributed by atoms with E-state index in [9.17, 15) is 24.6 Å². The van der Waals surface area contributed by atoms with E-state index in [1.54, 1.807) is 18.2 Å². The van der Waals surface area contributed by atoms with Gasteiger partial charge in [-0.15, -0.1) is 0 Å². The van der Waals surface area contributed by atoms with Crippen molar-refractivity contribution in [1.29, 1.82) is 0 Å². The molecule has 26 heavy (non-hydrogen) atoms. The van der Waals surface area contributed by atoms with Crippen LogP contribution in [-0.2, 0) is 29.6 Å². The number of ether oxygens (including phenoxy) is 1. The number of unbranched alkanes of at least 4 members (excludes halogenated alkanes) is 2. The third kappa shape index (κ3) is 4.03. The Labute approximate surface area is 151 Å². The number of aliphatic hydroxyl groups is 2. The fourth-order valence-electron chi connectivity index (χ4n) is 2.79. The lowest BCUT2D eigenvalue weighted by atomic mass is 9.86. The van der Waals surface area contributed by atoms with Crippen molar-refractivity contribution >= 4 is 17.8 Å². The number of benzene rings is 1. The van der Waals surface area contributed by atoms with E-state index in [0.717, 1.165) is 18.4 Å². The molecule has 0 spiro atoms. The molecule has 3 unspecified atom stereocenters. The van der Waals surface area contributed by atoms with Crippen molar-refractivity contribution in [3.8, 4) is 0 Å². The second kappa shape index (κ2) is 8.29. The first-order valence-electron chi connectivity index (χ1n) is 8.49. The standard InChI is InChI=1S/C18H23NO7/c1-3-4-5-9-18(12-8-6-7-11(2)10-12)17(24)19-26-16(23)14(21)13(20)15(22)25-18/h6-8,10,13-14,20-21H,3-5,9H2,1-2H3,(H,19,24). The number of aryl methyl sites for hydroxylation is 1. The molecule has 0 aromatic heterocycles. The van der Waals surface area contributed by atoms with Gasteiger partial charge in [0.1, 0.15) is 0 Å². The summed E-state index contributed by atoms with van der Waals surface area (Å²) in [6.07, 6.45) is -1.99. The summed E-state index contributed by atoms with van der Waals surface area (Å²) in [6, 6.07) is 6.82. The predicted molar refractivity (Wildman–Crippen MR) is 89.3 cm³/mol. The van der Waals surface area contributed by atoms with Crippen LogP contribution in [0.2, 0.25) is 0 Å². The molecule has 3 N–H and O–H groups in total. The molecule has 0 aliphatic carbocycles. The number of amides is 1. The number of carbonyl (C=O) groups is 3. The molecule has 1 amide bonds. The SMILES string of the molecule is CCCCCC1(c2cccc(C)c2)OC(=O)C(O)C(O)C(=O)ONC1=O. The molecular weight excluding hydrogens is 342 g/mol. The molecule has 8 nitrogen and oxygen atoms in total. The van der Waals surface area contributed by atoms with Gasteiger partial charge in [0.05, 0.1) is 0 Å². The fourth-order valence-corrected chi connectivity index (χ4v) is 2.79. The molecule has 3 atom stereocenters. The van der Waals surface area contributed by atoms with Crippen molar-refractivity contribution < 1.29 is 34.2 Å². The van der Waals surface area contributed by atoms with Gasteiger partial charge in [0.2, 0.25) is 5.60 Å². The number of esters is 1. The second-order valence-corrected chi connectivity index (χ2v) is 6.32. The van der Waals surface area contributed by atoms with Gasteiger partial charge in [0.25, 0.3) is 0 Å². The summed E-state index contributed by atoms with van der Waals surface area (Å²) in [5.41, 5.74) is 1.38. The van der Waals surface area contributed by atoms with Gasteiger partial charge in [-0.1, -0.05) is 49.6 Å². The average Bonchev–Trinajstić information content (AvgIpc) is 2.65. The van der Waals surface area contributed by atoms with Crippen LogP contribution in [0.1, 0.15) is 43.7 Å². The van der Waals surface area contributed by atoms with Crippen molar-refractivity contribution in [2.24, 2.45) is 0 Å². The summed E-state index contributed by atoms with van der Waals surface area (Å²) in [5.74, 6) is -3.48. The van der Waals surface area contributed by atoms with E-state index in [2.05, 4.69) is 4.84 Å². The van der Waals surface area contributed by atoms with Gasteiger partial charge in [0.15, 0.2) is 12.2 Å². The van der Waals surface area contributed by atoms with E-state index < -0.39 is 35.7 Å². The third-order valence-electron chi connectivity index (χ3n) is 4.28. The summed E-state index contributed by atoms with van der Waals surface area (Å²) >= 11 is 0. The van der Waals surface area contributed by atoms with Crippen LogP contribution >= 0.6 is 0 Å². The maximum Gasteiger partial charge on any atom is 0.363 e. The van der Waals surface area contributed by atoms with Crippen molar-refractivity contribution in [3.05, 3.63) is 35.4 Å². The highest BCUT2D eigenvalue weighted by molar-refractivity contribution is 5.93. The molecule has 0 saturated carbocycles. The molecule has 1 aliphatic heterocycles. The lowest BCUT2D eigenvalue weighted by molar-refractivity contribution is -0.182. The van der Waals surface area contributed by atoms with E-state index in [1.165, 1.54) is 0 Å². The number of cyclic esters (lactones) is 1. The average molecular weight is 365 g/mol. The number of hydrogen-bond acceptors (Lipinski definition) is 7. The Morgan fingerprint density at radius 1 is 1.12 bits per heavy atom. The molecule has 0 radical (unpaired) electrons. The number of carbonyl (C=O) groups excluding carboxylic acids is 3. The van der Waals surface area contributed by atoms with E-state index >= 15 is 0 Å². The van der Waals surface area contributed by atoms with Crippen molar-refractivity contribution in [3.63, 3.8) is 0 Å². The topological polar surface area (TPSA) is 122 Å². The van der Waals surface area contributed by atoms with E-state index in [1.807, 2.05) is 25.4 Å². The van der Waals surface area contributed by atoms with Gasteiger partial charge < -0.3 is 19.8 Å². The third-order valence-corrected chi connectivity index (χ3v) is 4.28. The molecule has 8 heteroatoms. The van der Waals surface area contributed by atoms with Crippen LogP contribution in [0.3, 0.4) is 0 Å². The zero-order chi connectivity index (χ0) is 19.3. The number of rotatable bonds is 5. The summed E-state index contributed by atoms with van der Waals surface area (Å²) in [7, 11) is 0. The van der Waals surface area contributed by atoms with E-state index in [-0.39, 0.29) is 6.42 Å². The molecular formula is C18H23NO7. The largest absolute Gasteiger partial charge is 0.442 e. The summed E-state index contributed by atoms with van der Waals surface area (Å²) in [4.78, 5) is 41.3. The first kappa shape index (κ1) is 19.9. The fraction of sp³-hybridized carbons (Fsp3) is 0.500. The highest BCUT2D eigenvalue weighted by Gasteiger charge is 2.48. The van der Waals surface area contributed by atoms with Gasteiger partial charge >= 0.3 is 17.8 Å². The van der Waals surface area contributed by atoms with Crippen LogP contribution in [0.15, 0.2) is 24.3 Å². The Balaban J connectivity index is 2.52. The maximum absolute atomic E-state index is 12.8. The number of hydroxylamine groups is 1. The summed E-state index contributed by atoms with van der Waals surface area (Å²) in [5, 5.41) is 19.5. The van der Waals surface area contributed by atoms with Gasteiger partial charge in [-0.05, 0) is 13.3 Å². The second-order valence-electron chi connectivity index (χ2n) is 6.32. The van der Waals surface area contributed by atoms with Gasteiger partial charge in [-0.3, -0.25) is 4.79 Å². The van der Waals surface area contributed by atoms with Crippen molar-refractivity contribution in [2.45, 2.75) is 57.3 Å². The quantitative estimate of drug-likeness (QED) is 0.516. The van der Waals surface area contributed by atoms with Gasteiger partial charge in [-0.25, -0.2) is 9.59 Å². The monoisotopic (exact) mass is 365 g/mol. The van der Waals surface area contributed by atoms with Crippen LogP contribution in [-0.4, -0.2) is 40.3 Å². The number of nitrogens with one attached hydrogen (secondary N) is 1. The van der Waals surface area contributed by atoms with E-state index in [4.69, 9.17) is 4.74 Å². The zero-order valence-electron chi connectivity index (χ0n) is 14.7. The first-order valence-corrected chi connectivity index (χ1v) is 8.49. The molecule has 1 aromatic carbocycles. The highest BCUT2D eigenvalue weighted by atomic mass is 16.7. The van der Waals surface area contributed by atoms with Crippen LogP contribution in [0.25, 0.3) is 0 Å². The Morgan fingerprint density at radius 3 is 2.46 bits per heavy atom. The molecule has 1 heterocycles. The molecule has 1 aromatic rings. The first-order chi connectivity index (χ1) is 12.3. The van der Waals surface area contributed by atoms with Crippen molar-refractivity contribution in [2.75, 3.05) is 0 Å². The minimum absolute atomic E-state index is 0.127. The Hall–Kier alpha value is -2.45. The molecule has 1 fully saturated rings. The van der Waals surface area contributed by atoms with Gasteiger partial charge in [0, 0.05) is 12.0 Å². The zero-order valence-corrected chi connectivity index (χ0v) is 14.7. The Bertz CT molecular complexity index is 690. The molecule has 142 valence electrons. The molecule has 2 rings (SSSR count). The molecule has 0 bridgehead atoms. The minimum atomic E-state index is -2.16. The summed E-state index contributed by atoms with van der Waals surface area (Å²) in [6.45, 7) is 3.80. The number of aliphatic hydroxyl groups excluding tert-OH is 2. The normalized spacial score (nSPS) is 26.8. The maximum atomic E-state index is 12.8. The Kier molecular flexibility index (Phi) is 6.33. The van der Waals surface area contributed by atoms with Crippen molar-refractivity contribution in [1.82, 2.24) is 5.48 Å². The lowest BCUT2D eigenvalue weighted by Crippen LogP contribution is -2.48. The van der Waals surface area contributed by atoms with Gasteiger partial charge in [-0.2, -0.15) is 5.48 Å². The Morgan fingerprint density at radius 2 is 1.81 bits per heavy atom. The summed E-state index contributed by atoms with van der Waals surface area (Å²) < 4.78 is 5.40. The van der Waals surface area contributed by atoms with Crippen LogP contribution < -0.4 is 5.48 Å². The lowest BCUT2D eigenvalue weighted by Gasteiger charge is -2.32. The van der Waals surface area contributed by atoms with E-state index in [0.29, 0.717) is 12.0 Å². The predicted octanol–water partition coefficient (Wildman–Crippen LogP) is 0.624. The van der Waals surface area contributed by atoms with Crippen LogP contribution in [0.5, 0.6) is 0 Å².